The zero-order chi connectivity index (χ0) is 21.6. The molecule has 162 valence electrons. The van der Waals surface area contributed by atoms with Gasteiger partial charge in [0.1, 0.15) is 6.04 Å². The molecule has 1 atom stereocenters. The molecule has 0 bridgehead atoms. The van der Waals surface area contributed by atoms with Crippen LogP contribution in [-0.2, 0) is 4.79 Å². The van der Waals surface area contributed by atoms with Gasteiger partial charge in [-0.2, -0.15) is 0 Å². The first-order chi connectivity index (χ1) is 15.2. The highest BCUT2D eigenvalue weighted by Gasteiger charge is 2.32. The molecule has 3 aromatic rings. The average Bonchev–Trinajstić information content (AvgIpc) is 3.33. The molecule has 1 aromatic carbocycles. The molecule has 2 aromatic heterocycles. The molecule has 0 aliphatic carbocycles. The highest BCUT2D eigenvalue weighted by molar-refractivity contribution is 5.78. The molecule has 0 radical (unpaired) electrons. The number of likely N-dealkylation sites (tertiary alicyclic amines) is 1. The second kappa shape index (κ2) is 9.46. The van der Waals surface area contributed by atoms with Gasteiger partial charge in [-0.3, -0.25) is 9.78 Å². The first-order valence-corrected chi connectivity index (χ1v) is 10.1. The second-order valence-corrected chi connectivity index (χ2v) is 7.07. The van der Waals surface area contributed by atoms with Crippen LogP contribution in [0.4, 0.5) is 0 Å². The summed E-state index contributed by atoms with van der Waals surface area (Å²) in [6, 6.07) is 8.67. The van der Waals surface area contributed by atoms with Gasteiger partial charge in [-0.05, 0) is 43.5 Å². The van der Waals surface area contributed by atoms with Crippen LogP contribution in [0.25, 0.3) is 11.5 Å². The minimum absolute atomic E-state index is 0.156. The third-order valence-electron chi connectivity index (χ3n) is 5.18. The summed E-state index contributed by atoms with van der Waals surface area (Å²) in [6.45, 7) is 0.442. The molecule has 9 nitrogen and oxygen atoms in total. The van der Waals surface area contributed by atoms with E-state index in [0.29, 0.717) is 35.6 Å². The van der Waals surface area contributed by atoms with Crippen LogP contribution in [0.1, 0.15) is 31.2 Å². The van der Waals surface area contributed by atoms with Crippen molar-refractivity contribution in [3.05, 3.63) is 48.6 Å². The number of aromatic nitrogens is 3. The fraction of sp³-hybridized carbons (Fsp3) is 0.364. The van der Waals surface area contributed by atoms with Gasteiger partial charge in [0.25, 0.3) is 5.91 Å². The van der Waals surface area contributed by atoms with E-state index < -0.39 is 0 Å². The Hall–Kier alpha value is -3.62. The zero-order valence-electron chi connectivity index (χ0n) is 17.5. The summed E-state index contributed by atoms with van der Waals surface area (Å²) >= 11 is 0. The molecule has 4 rings (SSSR count). The van der Waals surface area contributed by atoms with Crippen LogP contribution in [0, 0.1) is 0 Å². The maximum absolute atomic E-state index is 13.1. The molecule has 1 amide bonds. The zero-order valence-corrected chi connectivity index (χ0v) is 17.5. The van der Waals surface area contributed by atoms with Crippen molar-refractivity contribution in [3.63, 3.8) is 0 Å². The Bertz CT molecular complexity index is 1000. The molecule has 0 saturated carbocycles. The van der Waals surface area contributed by atoms with E-state index in [1.165, 1.54) is 0 Å². The van der Waals surface area contributed by atoms with Gasteiger partial charge in [-0.25, -0.2) is 0 Å². The van der Waals surface area contributed by atoms with Crippen LogP contribution in [0.2, 0.25) is 0 Å². The SMILES string of the molecule is COc1cccc(OC)c1OCC(=O)N1CCCCC1c1nnc(-c2cccnc2)o1. The Morgan fingerprint density at radius 2 is 1.94 bits per heavy atom. The van der Waals surface area contributed by atoms with Crippen LogP contribution >= 0.6 is 0 Å². The van der Waals surface area contributed by atoms with E-state index in [1.807, 2.05) is 6.07 Å². The number of hydrogen-bond donors (Lipinski definition) is 0. The van der Waals surface area contributed by atoms with Gasteiger partial charge in [-0.1, -0.05) is 6.07 Å². The Balaban J connectivity index is 1.49. The van der Waals surface area contributed by atoms with E-state index in [2.05, 4.69) is 15.2 Å². The Labute approximate surface area is 180 Å². The minimum Gasteiger partial charge on any atom is -0.493 e. The topological polar surface area (TPSA) is 99.8 Å². The molecule has 1 aliphatic rings. The monoisotopic (exact) mass is 424 g/mol. The van der Waals surface area contributed by atoms with E-state index in [1.54, 1.807) is 55.8 Å². The fourth-order valence-corrected chi connectivity index (χ4v) is 3.64. The number of rotatable bonds is 7. The summed E-state index contributed by atoms with van der Waals surface area (Å²) in [5.74, 6) is 2.03. The lowest BCUT2D eigenvalue weighted by atomic mass is 10.0. The molecule has 31 heavy (non-hydrogen) atoms. The number of pyridine rings is 1. The smallest absolute Gasteiger partial charge is 0.261 e. The molecule has 3 heterocycles. The van der Waals surface area contributed by atoms with Gasteiger partial charge in [-0.15, -0.1) is 10.2 Å². The quantitative estimate of drug-likeness (QED) is 0.570. The Morgan fingerprint density at radius 3 is 2.65 bits per heavy atom. The van der Waals surface area contributed by atoms with Gasteiger partial charge in [0.05, 0.1) is 19.8 Å². The Kier molecular flexibility index (Phi) is 6.30. The molecule has 1 saturated heterocycles. The highest BCUT2D eigenvalue weighted by Crippen LogP contribution is 2.37. The van der Waals surface area contributed by atoms with Crippen LogP contribution in [0.5, 0.6) is 17.2 Å². The standard InChI is InChI=1S/C22H24N4O5/c1-28-17-9-5-10-18(29-2)20(17)30-14-19(27)26-12-4-3-8-16(26)22-25-24-21(31-22)15-7-6-11-23-13-15/h5-7,9-11,13,16H,3-4,8,12,14H2,1-2H3. The van der Waals surface area contributed by atoms with Crippen LogP contribution in [0.15, 0.2) is 47.1 Å². The van der Waals surface area contributed by atoms with Crippen molar-refractivity contribution in [1.82, 2.24) is 20.1 Å². The lowest BCUT2D eigenvalue weighted by Gasteiger charge is -2.33. The number of hydrogen-bond acceptors (Lipinski definition) is 8. The first kappa shape index (κ1) is 20.6. The number of para-hydroxylation sites is 1. The Morgan fingerprint density at radius 1 is 1.13 bits per heavy atom. The first-order valence-electron chi connectivity index (χ1n) is 10.1. The van der Waals surface area contributed by atoms with Crippen molar-refractivity contribution in [3.8, 4) is 28.7 Å². The lowest BCUT2D eigenvalue weighted by molar-refractivity contribution is -0.137. The normalized spacial score (nSPS) is 16.1. The fourth-order valence-electron chi connectivity index (χ4n) is 3.64. The van der Waals surface area contributed by atoms with E-state index in [9.17, 15) is 4.79 Å². The summed E-state index contributed by atoms with van der Waals surface area (Å²) in [5.41, 5.74) is 0.738. The molecule has 9 heteroatoms. The maximum atomic E-state index is 13.1. The van der Waals surface area contributed by atoms with Crippen molar-refractivity contribution in [2.24, 2.45) is 0 Å². The van der Waals surface area contributed by atoms with Crippen LogP contribution < -0.4 is 14.2 Å². The van der Waals surface area contributed by atoms with Crippen molar-refractivity contribution >= 4 is 5.91 Å². The molecule has 0 N–H and O–H groups in total. The van der Waals surface area contributed by atoms with Gasteiger partial charge in [0.15, 0.2) is 18.1 Å². The van der Waals surface area contributed by atoms with E-state index in [4.69, 9.17) is 18.6 Å². The van der Waals surface area contributed by atoms with Crippen LogP contribution in [0.3, 0.4) is 0 Å². The highest BCUT2D eigenvalue weighted by atomic mass is 16.5. The number of ether oxygens (including phenoxy) is 3. The number of benzene rings is 1. The summed E-state index contributed by atoms with van der Waals surface area (Å²) in [6.07, 6.45) is 5.97. The predicted octanol–water partition coefficient (Wildman–Crippen LogP) is 3.28. The third-order valence-corrected chi connectivity index (χ3v) is 5.18. The summed E-state index contributed by atoms with van der Waals surface area (Å²) < 4.78 is 22.4. The van der Waals surface area contributed by atoms with Gasteiger partial charge >= 0.3 is 0 Å². The molecule has 1 unspecified atom stereocenters. The van der Waals surface area contributed by atoms with E-state index >= 15 is 0 Å². The van der Waals surface area contributed by atoms with Crippen molar-refractivity contribution in [2.75, 3.05) is 27.4 Å². The lowest BCUT2D eigenvalue weighted by Crippen LogP contribution is -2.41. The van der Waals surface area contributed by atoms with Crippen molar-refractivity contribution in [1.29, 1.82) is 0 Å². The van der Waals surface area contributed by atoms with Crippen molar-refractivity contribution < 1.29 is 23.4 Å². The van der Waals surface area contributed by atoms with Crippen molar-refractivity contribution in [2.45, 2.75) is 25.3 Å². The van der Waals surface area contributed by atoms with E-state index in [0.717, 1.165) is 24.8 Å². The largest absolute Gasteiger partial charge is 0.493 e. The molecule has 1 fully saturated rings. The average molecular weight is 424 g/mol. The van der Waals surface area contributed by atoms with E-state index in [-0.39, 0.29) is 18.6 Å². The number of amides is 1. The summed E-state index contributed by atoms with van der Waals surface area (Å²) in [4.78, 5) is 18.9. The van der Waals surface area contributed by atoms with Gasteiger partial charge in [0.2, 0.25) is 17.5 Å². The second-order valence-electron chi connectivity index (χ2n) is 7.07. The number of methoxy groups -OCH3 is 2. The predicted molar refractivity (Wildman–Crippen MR) is 111 cm³/mol. The number of piperidine rings is 1. The van der Waals surface area contributed by atoms with Gasteiger partial charge < -0.3 is 23.5 Å². The minimum atomic E-state index is -0.290. The third kappa shape index (κ3) is 4.45. The molecular formula is C22H24N4O5. The number of nitrogens with zero attached hydrogens (tertiary/aromatic N) is 4. The van der Waals surface area contributed by atoms with Gasteiger partial charge in [0, 0.05) is 18.9 Å². The summed E-state index contributed by atoms with van der Waals surface area (Å²) in [7, 11) is 3.08. The maximum Gasteiger partial charge on any atom is 0.261 e. The number of carbonyl (C=O) groups is 1. The van der Waals surface area contributed by atoms with Crippen LogP contribution in [-0.4, -0.2) is 53.4 Å². The molecular weight excluding hydrogens is 400 g/mol. The molecule has 1 aliphatic heterocycles. The molecule has 0 spiro atoms. The summed E-state index contributed by atoms with van der Waals surface area (Å²) in [5, 5.41) is 8.34. The number of carbonyl (C=O) groups excluding carboxylic acids is 1.